The summed E-state index contributed by atoms with van der Waals surface area (Å²) >= 11 is 6.03. The van der Waals surface area contributed by atoms with E-state index in [1.54, 1.807) is 19.1 Å². The minimum absolute atomic E-state index is 0.0403. The zero-order chi connectivity index (χ0) is 16.6. The largest absolute Gasteiger partial charge is 0.503 e. The number of hydrogen-bond acceptors (Lipinski definition) is 5. The number of hydrogen-bond donors (Lipinski definition) is 2. The van der Waals surface area contributed by atoms with Crippen molar-refractivity contribution in [2.45, 2.75) is 26.4 Å². The van der Waals surface area contributed by atoms with Gasteiger partial charge in [-0.15, -0.1) is 0 Å². The minimum atomic E-state index is -0.0502. The summed E-state index contributed by atoms with van der Waals surface area (Å²) < 4.78 is 5.13. The molecule has 0 bridgehead atoms. The SMILES string of the molecule is COc1cc(CN2CCc3c(nc(C)[nH]c3=O)C2)cc(Cl)c1O. The summed E-state index contributed by atoms with van der Waals surface area (Å²) in [7, 11) is 1.49. The smallest absolute Gasteiger partial charge is 0.254 e. The first-order chi connectivity index (χ1) is 11.0. The Labute approximate surface area is 138 Å². The van der Waals surface area contributed by atoms with E-state index in [0.717, 1.165) is 23.4 Å². The van der Waals surface area contributed by atoms with Crippen molar-refractivity contribution in [3.05, 3.63) is 50.2 Å². The molecule has 0 saturated carbocycles. The predicted octanol–water partition coefficient (Wildman–Crippen LogP) is 2.00. The van der Waals surface area contributed by atoms with Crippen molar-refractivity contribution in [2.24, 2.45) is 0 Å². The van der Waals surface area contributed by atoms with E-state index in [0.29, 0.717) is 31.1 Å². The van der Waals surface area contributed by atoms with Gasteiger partial charge in [-0.1, -0.05) is 11.6 Å². The van der Waals surface area contributed by atoms with Crippen molar-refractivity contribution < 1.29 is 9.84 Å². The first-order valence-electron chi connectivity index (χ1n) is 7.34. The third kappa shape index (κ3) is 3.18. The van der Waals surface area contributed by atoms with Crippen LogP contribution in [0.5, 0.6) is 11.5 Å². The van der Waals surface area contributed by atoms with E-state index < -0.39 is 0 Å². The van der Waals surface area contributed by atoms with Crippen LogP contribution in [0.4, 0.5) is 0 Å². The number of phenolic OH excluding ortho intramolecular Hbond substituents is 1. The van der Waals surface area contributed by atoms with Crippen LogP contribution in [0.15, 0.2) is 16.9 Å². The maximum atomic E-state index is 11.9. The summed E-state index contributed by atoms with van der Waals surface area (Å²) in [4.78, 5) is 21.3. The molecule has 0 unspecified atom stereocenters. The maximum Gasteiger partial charge on any atom is 0.254 e. The maximum absolute atomic E-state index is 11.9. The molecule has 2 aromatic rings. The molecule has 0 saturated heterocycles. The number of nitrogens with one attached hydrogen (secondary N) is 1. The number of aromatic amines is 1. The highest BCUT2D eigenvalue weighted by Crippen LogP contribution is 2.35. The second-order valence-electron chi connectivity index (χ2n) is 5.67. The molecule has 0 atom stereocenters. The summed E-state index contributed by atoms with van der Waals surface area (Å²) in [5.74, 6) is 0.936. The average molecular weight is 336 g/mol. The van der Waals surface area contributed by atoms with Crippen molar-refractivity contribution in [1.82, 2.24) is 14.9 Å². The second kappa shape index (κ2) is 6.22. The highest BCUT2D eigenvalue weighted by atomic mass is 35.5. The van der Waals surface area contributed by atoms with Gasteiger partial charge in [0, 0.05) is 25.2 Å². The Bertz CT molecular complexity index is 804. The van der Waals surface area contributed by atoms with E-state index in [4.69, 9.17) is 16.3 Å². The summed E-state index contributed by atoms with van der Waals surface area (Å²) in [6, 6.07) is 3.50. The quantitative estimate of drug-likeness (QED) is 0.897. The van der Waals surface area contributed by atoms with Gasteiger partial charge in [-0.2, -0.15) is 0 Å². The zero-order valence-electron chi connectivity index (χ0n) is 13.0. The Morgan fingerprint density at radius 1 is 1.48 bits per heavy atom. The van der Waals surface area contributed by atoms with Gasteiger partial charge in [0.25, 0.3) is 5.56 Å². The molecule has 0 fully saturated rings. The van der Waals surface area contributed by atoms with E-state index in [9.17, 15) is 9.90 Å². The Hall–Kier alpha value is -2.05. The molecular weight excluding hydrogens is 318 g/mol. The molecule has 1 aromatic carbocycles. The van der Waals surface area contributed by atoms with E-state index in [2.05, 4.69) is 14.9 Å². The lowest BCUT2D eigenvalue weighted by atomic mass is 10.1. The molecule has 122 valence electrons. The van der Waals surface area contributed by atoms with Gasteiger partial charge >= 0.3 is 0 Å². The molecule has 1 aliphatic rings. The van der Waals surface area contributed by atoms with Crippen LogP contribution in [0.3, 0.4) is 0 Å². The van der Waals surface area contributed by atoms with Crippen LogP contribution in [-0.2, 0) is 19.5 Å². The molecule has 0 radical (unpaired) electrons. The lowest BCUT2D eigenvalue weighted by Crippen LogP contribution is -2.35. The van der Waals surface area contributed by atoms with Crippen LogP contribution in [0.2, 0.25) is 5.02 Å². The monoisotopic (exact) mass is 335 g/mol. The Balaban J connectivity index is 1.83. The molecule has 6 nitrogen and oxygen atoms in total. The minimum Gasteiger partial charge on any atom is -0.503 e. The normalized spacial score (nSPS) is 14.6. The van der Waals surface area contributed by atoms with Gasteiger partial charge < -0.3 is 14.8 Å². The van der Waals surface area contributed by atoms with Gasteiger partial charge in [0.05, 0.1) is 17.8 Å². The summed E-state index contributed by atoms with van der Waals surface area (Å²) in [5.41, 5.74) is 2.50. The van der Waals surface area contributed by atoms with Gasteiger partial charge in [-0.25, -0.2) is 4.98 Å². The van der Waals surface area contributed by atoms with E-state index in [1.807, 2.05) is 0 Å². The molecular formula is C16H18ClN3O3. The molecule has 1 aliphatic heterocycles. The van der Waals surface area contributed by atoms with E-state index in [-0.39, 0.29) is 16.3 Å². The fourth-order valence-corrected chi connectivity index (χ4v) is 3.12. The fourth-order valence-electron chi connectivity index (χ4n) is 2.89. The number of fused-ring (bicyclic) bond motifs is 1. The number of benzene rings is 1. The van der Waals surface area contributed by atoms with E-state index >= 15 is 0 Å². The molecule has 23 heavy (non-hydrogen) atoms. The number of ether oxygens (including phenoxy) is 1. The van der Waals surface area contributed by atoms with Crippen molar-refractivity contribution in [3.8, 4) is 11.5 Å². The molecule has 0 amide bonds. The first-order valence-corrected chi connectivity index (χ1v) is 7.72. The van der Waals surface area contributed by atoms with Gasteiger partial charge in [-0.3, -0.25) is 9.69 Å². The number of methoxy groups -OCH3 is 1. The Morgan fingerprint density at radius 2 is 2.26 bits per heavy atom. The van der Waals surface area contributed by atoms with Gasteiger partial charge in [0.15, 0.2) is 11.5 Å². The number of aryl methyl sites for hydroxylation is 1. The van der Waals surface area contributed by atoms with Crippen molar-refractivity contribution >= 4 is 11.6 Å². The molecule has 0 spiro atoms. The summed E-state index contributed by atoms with van der Waals surface area (Å²) in [6.07, 6.45) is 0.668. The van der Waals surface area contributed by atoms with Crippen LogP contribution in [0, 0.1) is 6.92 Å². The number of H-pyrrole nitrogens is 1. The summed E-state index contributed by atoms with van der Waals surface area (Å²) in [6.45, 7) is 3.80. The Kier molecular flexibility index (Phi) is 4.28. The lowest BCUT2D eigenvalue weighted by molar-refractivity contribution is 0.239. The predicted molar refractivity (Wildman–Crippen MR) is 87.1 cm³/mol. The fraction of sp³-hybridized carbons (Fsp3) is 0.375. The number of nitrogens with zero attached hydrogens (tertiary/aromatic N) is 2. The van der Waals surface area contributed by atoms with Crippen LogP contribution < -0.4 is 10.3 Å². The molecule has 7 heteroatoms. The summed E-state index contributed by atoms with van der Waals surface area (Å²) in [5, 5.41) is 10.1. The molecule has 2 N–H and O–H groups in total. The number of aromatic nitrogens is 2. The van der Waals surface area contributed by atoms with Crippen LogP contribution in [-0.4, -0.2) is 33.6 Å². The Morgan fingerprint density at radius 3 is 3.00 bits per heavy atom. The van der Waals surface area contributed by atoms with Crippen molar-refractivity contribution in [3.63, 3.8) is 0 Å². The lowest BCUT2D eigenvalue weighted by Gasteiger charge is -2.27. The van der Waals surface area contributed by atoms with Crippen LogP contribution in [0.25, 0.3) is 0 Å². The third-order valence-electron chi connectivity index (χ3n) is 3.99. The number of aromatic hydroxyl groups is 1. The highest BCUT2D eigenvalue weighted by molar-refractivity contribution is 6.32. The zero-order valence-corrected chi connectivity index (χ0v) is 13.8. The van der Waals surface area contributed by atoms with Crippen molar-refractivity contribution in [1.29, 1.82) is 0 Å². The van der Waals surface area contributed by atoms with Crippen molar-refractivity contribution in [2.75, 3.05) is 13.7 Å². The number of halogens is 1. The van der Waals surface area contributed by atoms with E-state index in [1.165, 1.54) is 7.11 Å². The number of phenols is 1. The topological polar surface area (TPSA) is 78.5 Å². The van der Waals surface area contributed by atoms with Crippen LogP contribution in [0.1, 0.15) is 22.6 Å². The third-order valence-corrected chi connectivity index (χ3v) is 4.27. The van der Waals surface area contributed by atoms with Crippen LogP contribution >= 0.6 is 11.6 Å². The highest BCUT2D eigenvalue weighted by Gasteiger charge is 2.21. The first kappa shape index (κ1) is 15.8. The van der Waals surface area contributed by atoms with Gasteiger partial charge in [-0.05, 0) is 31.0 Å². The number of rotatable bonds is 3. The van der Waals surface area contributed by atoms with Gasteiger partial charge in [0.1, 0.15) is 5.82 Å². The molecule has 2 heterocycles. The average Bonchev–Trinajstić information content (AvgIpc) is 2.50. The molecule has 0 aliphatic carbocycles. The molecule has 3 rings (SSSR count). The van der Waals surface area contributed by atoms with Gasteiger partial charge in [0.2, 0.25) is 0 Å². The standard InChI is InChI=1S/C16H18ClN3O3/c1-9-18-13-8-20(4-3-11(13)16(22)19-9)7-10-5-12(17)15(21)14(6-10)23-2/h5-6,21H,3-4,7-8H2,1-2H3,(H,18,19,22). The molecule has 1 aromatic heterocycles. The second-order valence-corrected chi connectivity index (χ2v) is 6.07.